The molecule has 0 amide bonds. The van der Waals surface area contributed by atoms with Gasteiger partial charge in [0.1, 0.15) is 10.9 Å². The largest absolute Gasteiger partial charge is 0.293 e. The highest BCUT2D eigenvalue weighted by Crippen LogP contribution is 2.27. The van der Waals surface area contributed by atoms with Crippen LogP contribution >= 0.6 is 11.8 Å². The van der Waals surface area contributed by atoms with Crippen LogP contribution in [0.25, 0.3) is 10.9 Å². The second-order valence-electron chi connectivity index (χ2n) is 6.14. The highest BCUT2D eigenvalue weighted by molar-refractivity contribution is 8.00. The molecule has 0 saturated heterocycles. The predicted molar refractivity (Wildman–Crippen MR) is 97.8 cm³/mol. The Kier molecular flexibility index (Phi) is 4.07. The van der Waals surface area contributed by atoms with Crippen molar-refractivity contribution in [2.45, 2.75) is 31.2 Å². The van der Waals surface area contributed by atoms with Crippen molar-refractivity contribution in [2.24, 2.45) is 0 Å². The van der Waals surface area contributed by atoms with E-state index in [1.54, 1.807) is 0 Å². The lowest BCUT2D eigenvalue weighted by Gasteiger charge is -2.07. The van der Waals surface area contributed by atoms with Gasteiger partial charge >= 0.3 is 0 Å². The quantitative estimate of drug-likeness (QED) is 0.403. The summed E-state index contributed by atoms with van der Waals surface area (Å²) < 4.78 is 0. The molecule has 24 heavy (non-hydrogen) atoms. The van der Waals surface area contributed by atoms with Crippen molar-refractivity contribution in [2.75, 3.05) is 5.75 Å². The zero-order valence-corrected chi connectivity index (χ0v) is 14.4. The zero-order valence-electron chi connectivity index (χ0n) is 13.6. The SMILES string of the molecule is Cc1nc(SCC(=O)c2ccc3c(c2)CCC3)c2ccccc2n1. The highest BCUT2D eigenvalue weighted by atomic mass is 32.2. The van der Waals surface area contributed by atoms with Gasteiger partial charge in [-0.2, -0.15) is 0 Å². The molecule has 1 heterocycles. The number of carbonyl (C=O) groups excluding carboxylic acids is 1. The van der Waals surface area contributed by atoms with Crippen LogP contribution in [0.3, 0.4) is 0 Å². The third-order valence-corrected chi connectivity index (χ3v) is 5.43. The van der Waals surface area contributed by atoms with Crippen molar-refractivity contribution in [1.82, 2.24) is 9.97 Å². The average Bonchev–Trinajstić information content (AvgIpc) is 3.06. The first-order valence-corrected chi connectivity index (χ1v) is 9.20. The first-order chi connectivity index (χ1) is 11.7. The Balaban J connectivity index is 1.56. The molecule has 4 heteroatoms. The van der Waals surface area contributed by atoms with Gasteiger partial charge in [0.05, 0.1) is 11.3 Å². The lowest BCUT2D eigenvalue weighted by molar-refractivity contribution is 0.102. The van der Waals surface area contributed by atoms with Gasteiger partial charge in [-0.3, -0.25) is 4.79 Å². The number of benzene rings is 2. The molecule has 0 spiro atoms. The van der Waals surface area contributed by atoms with Crippen molar-refractivity contribution < 1.29 is 4.79 Å². The Bertz CT molecular complexity index is 936. The van der Waals surface area contributed by atoms with Crippen LogP contribution in [0.2, 0.25) is 0 Å². The van der Waals surface area contributed by atoms with E-state index >= 15 is 0 Å². The van der Waals surface area contributed by atoms with Crippen molar-refractivity contribution >= 4 is 28.4 Å². The van der Waals surface area contributed by atoms with E-state index in [1.165, 1.54) is 29.3 Å². The molecule has 1 aliphatic carbocycles. The maximum absolute atomic E-state index is 12.6. The molecule has 0 fully saturated rings. The fraction of sp³-hybridized carbons (Fsp3) is 0.250. The van der Waals surface area contributed by atoms with Crippen LogP contribution in [0.15, 0.2) is 47.5 Å². The van der Waals surface area contributed by atoms with Crippen molar-refractivity contribution in [3.05, 3.63) is 65.0 Å². The third-order valence-electron chi connectivity index (χ3n) is 4.44. The second-order valence-corrected chi connectivity index (χ2v) is 7.11. The Labute approximate surface area is 145 Å². The molecule has 3 aromatic rings. The smallest absolute Gasteiger partial charge is 0.173 e. The van der Waals surface area contributed by atoms with E-state index in [4.69, 9.17) is 0 Å². The van der Waals surface area contributed by atoms with Crippen LogP contribution in [0, 0.1) is 6.92 Å². The normalized spacial score (nSPS) is 13.2. The van der Waals surface area contributed by atoms with Gasteiger partial charge in [-0.15, -0.1) is 0 Å². The highest BCUT2D eigenvalue weighted by Gasteiger charge is 2.15. The summed E-state index contributed by atoms with van der Waals surface area (Å²) in [4.78, 5) is 21.6. The molecular formula is C20H18N2OS. The third kappa shape index (κ3) is 2.94. The minimum atomic E-state index is 0.162. The van der Waals surface area contributed by atoms with Gasteiger partial charge in [0, 0.05) is 10.9 Å². The topological polar surface area (TPSA) is 42.9 Å². The summed E-state index contributed by atoms with van der Waals surface area (Å²) in [5.74, 6) is 1.30. The van der Waals surface area contributed by atoms with E-state index in [1.807, 2.05) is 37.3 Å². The number of hydrogen-bond acceptors (Lipinski definition) is 4. The molecule has 0 bridgehead atoms. The first kappa shape index (κ1) is 15.3. The van der Waals surface area contributed by atoms with Gasteiger partial charge in [0.25, 0.3) is 0 Å². The fourth-order valence-corrected chi connectivity index (χ4v) is 4.19. The van der Waals surface area contributed by atoms with Crippen LogP contribution in [-0.4, -0.2) is 21.5 Å². The molecule has 1 aromatic heterocycles. The summed E-state index contributed by atoms with van der Waals surface area (Å²) in [7, 11) is 0. The van der Waals surface area contributed by atoms with E-state index in [0.29, 0.717) is 5.75 Å². The molecule has 0 unspecified atom stereocenters. The number of thioether (sulfide) groups is 1. The number of nitrogens with zero attached hydrogens (tertiary/aromatic N) is 2. The summed E-state index contributed by atoms with van der Waals surface area (Å²) in [5, 5.41) is 1.89. The van der Waals surface area contributed by atoms with E-state index in [2.05, 4.69) is 22.1 Å². The molecule has 0 saturated carbocycles. The minimum Gasteiger partial charge on any atom is -0.293 e. The summed E-state index contributed by atoms with van der Waals surface area (Å²) in [5.41, 5.74) is 4.49. The summed E-state index contributed by atoms with van der Waals surface area (Å²) in [6.45, 7) is 1.89. The van der Waals surface area contributed by atoms with Crippen LogP contribution in [-0.2, 0) is 12.8 Å². The number of para-hydroxylation sites is 1. The Morgan fingerprint density at radius 1 is 1.08 bits per heavy atom. The Hall–Kier alpha value is -2.20. The zero-order chi connectivity index (χ0) is 16.5. The minimum absolute atomic E-state index is 0.162. The fourth-order valence-electron chi connectivity index (χ4n) is 3.23. The van der Waals surface area contributed by atoms with Crippen molar-refractivity contribution in [1.29, 1.82) is 0 Å². The van der Waals surface area contributed by atoms with Crippen molar-refractivity contribution in [3.63, 3.8) is 0 Å². The summed E-state index contributed by atoms with van der Waals surface area (Å²) >= 11 is 1.50. The maximum Gasteiger partial charge on any atom is 0.173 e. The number of rotatable bonds is 4. The van der Waals surface area contributed by atoms with Crippen LogP contribution in [0.5, 0.6) is 0 Å². The van der Waals surface area contributed by atoms with E-state index < -0.39 is 0 Å². The number of aryl methyl sites for hydroxylation is 3. The van der Waals surface area contributed by atoms with E-state index in [0.717, 1.165) is 40.2 Å². The van der Waals surface area contributed by atoms with Gasteiger partial charge in [0.15, 0.2) is 5.78 Å². The Morgan fingerprint density at radius 2 is 1.92 bits per heavy atom. The van der Waals surface area contributed by atoms with Crippen LogP contribution in [0.1, 0.15) is 33.7 Å². The van der Waals surface area contributed by atoms with Crippen LogP contribution < -0.4 is 0 Å². The molecule has 4 rings (SSSR count). The molecule has 0 aliphatic heterocycles. The number of Topliss-reactive ketones (excluding diaryl/α,β-unsaturated/α-hetero) is 1. The van der Waals surface area contributed by atoms with Gasteiger partial charge in [-0.25, -0.2) is 9.97 Å². The molecule has 2 aromatic carbocycles. The van der Waals surface area contributed by atoms with Crippen LogP contribution in [0.4, 0.5) is 0 Å². The molecular weight excluding hydrogens is 316 g/mol. The lowest BCUT2D eigenvalue weighted by Crippen LogP contribution is -2.04. The summed E-state index contributed by atoms with van der Waals surface area (Å²) in [6, 6.07) is 14.1. The number of aromatic nitrogens is 2. The van der Waals surface area contributed by atoms with Gasteiger partial charge in [-0.05, 0) is 49.4 Å². The number of carbonyl (C=O) groups is 1. The lowest BCUT2D eigenvalue weighted by atomic mass is 10.0. The maximum atomic E-state index is 12.6. The van der Waals surface area contributed by atoms with Gasteiger partial charge in [0.2, 0.25) is 0 Å². The Morgan fingerprint density at radius 3 is 2.83 bits per heavy atom. The molecule has 0 N–H and O–H groups in total. The molecule has 3 nitrogen and oxygen atoms in total. The van der Waals surface area contributed by atoms with Gasteiger partial charge in [-0.1, -0.05) is 42.1 Å². The molecule has 120 valence electrons. The summed E-state index contributed by atoms with van der Waals surface area (Å²) in [6.07, 6.45) is 3.44. The number of hydrogen-bond donors (Lipinski definition) is 0. The first-order valence-electron chi connectivity index (χ1n) is 8.22. The van der Waals surface area contributed by atoms with Gasteiger partial charge < -0.3 is 0 Å². The monoisotopic (exact) mass is 334 g/mol. The molecule has 0 atom stereocenters. The standard InChI is InChI=1S/C20H18N2OS/c1-13-21-18-8-3-2-7-17(18)20(22-13)24-12-19(23)16-10-9-14-5-4-6-15(14)11-16/h2-3,7-11H,4-6,12H2,1H3. The number of ketones is 1. The van der Waals surface area contributed by atoms with E-state index in [-0.39, 0.29) is 5.78 Å². The average molecular weight is 334 g/mol. The number of fused-ring (bicyclic) bond motifs is 2. The molecule has 1 aliphatic rings. The van der Waals surface area contributed by atoms with E-state index in [9.17, 15) is 4.79 Å². The second kappa shape index (κ2) is 6.36. The predicted octanol–water partition coefficient (Wildman–Crippen LogP) is 4.40. The molecule has 0 radical (unpaired) electrons. The van der Waals surface area contributed by atoms with Crippen molar-refractivity contribution in [3.8, 4) is 0 Å².